The molecule has 31 heavy (non-hydrogen) atoms. The molecule has 2 aliphatic rings. The van der Waals surface area contributed by atoms with E-state index in [0.29, 0.717) is 6.54 Å². The van der Waals surface area contributed by atoms with E-state index in [1.165, 1.54) is 5.56 Å². The average Bonchev–Trinajstić information content (AvgIpc) is 3.10. The van der Waals surface area contributed by atoms with Crippen molar-refractivity contribution in [1.82, 2.24) is 14.5 Å². The summed E-state index contributed by atoms with van der Waals surface area (Å²) in [6.45, 7) is 4.23. The van der Waals surface area contributed by atoms with Crippen molar-refractivity contribution in [2.75, 3.05) is 39.3 Å². The number of hydrogen-bond acceptors (Lipinski definition) is 5. The molecule has 1 fully saturated rings. The topological polar surface area (TPSA) is 72.9 Å². The molecular formula is C24H27N3O3S. The molecule has 5 rings (SSSR count). The molecule has 3 aromatic rings. The fraction of sp³-hybridized carbons (Fsp3) is 0.333. The highest BCUT2D eigenvalue weighted by Gasteiger charge is 2.41. The molecule has 1 aliphatic carbocycles. The molecule has 1 heterocycles. The van der Waals surface area contributed by atoms with E-state index in [1.807, 2.05) is 18.2 Å². The monoisotopic (exact) mass is 437 g/mol. The molecule has 0 amide bonds. The Morgan fingerprint density at radius 2 is 1.55 bits per heavy atom. The smallest absolute Gasteiger partial charge is 0.241 e. The van der Waals surface area contributed by atoms with Crippen LogP contribution < -0.4 is 4.72 Å². The standard InChI is InChI=1S/C24H27N3O3S/c28-17-16-26-12-14-27(15-13-26)24-21-11-5-7-18-6-4-10-20(22(18)21)23(24)25-31(29,30)19-8-2-1-3-9-19/h1-11,23-25,28H,12-17H2/t23-,24-/m0/s1. The number of nitrogens with zero attached hydrogens (tertiary/aromatic N) is 2. The van der Waals surface area contributed by atoms with E-state index < -0.39 is 10.0 Å². The van der Waals surface area contributed by atoms with E-state index in [2.05, 4.69) is 38.8 Å². The summed E-state index contributed by atoms with van der Waals surface area (Å²) in [5, 5.41) is 11.6. The summed E-state index contributed by atoms with van der Waals surface area (Å²) in [6.07, 6.45) is 0. The fourth-order valence-corrected chi connectivity index (χ4v) is 6.27. The highest BCUT2D eigenvalue weighted by Crippen LogP contribution is 2.47. The van der Waals surface area contributed by atoms with Crippen LogP contribution in [0, 0.1) is 0 Å². The molecule has 162 valence electrons. The average molecular weight is 438 g/mol. The Balaban J connectivity index is 1.53. The number of hydrogen-bond donors (Lipinski definition) is 2. The molecule has 0 spiro atoms. The van der Waals surface area contributed by atoms with Gasteiger partial charge in [-0.2, -0.15) is 0 Å². The van der Waals surface area contributed by atoms with Gasteiger partial charge in [0.2, 0.25) is 10.0 Å². The zero-order valence-electron chi connectivity index (χ0n) is 17.3. The van der Waals surface area contributed by atoms with Gasteiger partial charge in [0, 0.05) is 32.7 Å². The second-order valence-corrected chi connectivity index (χ2v) is 9.96. The largest absolute Gasteiger partial charge is 0.395 e. The van der Waals surface area contributed by atoms with Crippen molar-refractivity contribution in [3.05, 3.63) is 77.9 Å². The number of β-amino-alcohol motifs (C(OH)–C–C–N with tert-alkyl or cyclic N) is 1. The Bertz CT molecular complexity index is 1170. The van der Waals surface area contributed by atoms with Gasteiger partial charge in [-0.1, -0.05) is 54.6 Å². The normalized spacial score (nSPS) is 22.2. The SMILES string of the molecule is O=S(=O)(N[C@H]1c2cccc3cccc(c23)[C@@H]1N1CCN(CCO)CC1)c1ccccc1. The maximum Gasteiger partial charge on any atom is 0.241 e. The first-order valence-electron chi connectivity index (χ1n) is 10.7. The zero-order valence-corrected chi connectivity index (χ0v) is 18.1. The van der Waals surface area contributed by atoms with Crippen LogP contribution in [-0.4, -0.2) is 62.7 Å². The van der Waals surface area contributed by atoms with E-state index in [-0.39, 0.29) is 23.6 Å². The van der Waals surface area contributed by atoms with Gasteiger partial charge in [0.15, 0.2) is 0 Å². The van der Waals surface area contributed by atoms with Gasteiger partial charge in [0.25, 0.3) is 0 Å². The second-order valence-electron chi connectivity index (χ2n) is 8.25. The van der Waals surface area contributed by atoms with E-state index in [9.17, 15) is 13.5 Å². The first-order chi connectivity index (χ1) is 15.1. The lowest BCUT2D eigenvalue weighted by Crippen LogP contribution is -2.50. The van der Waals surface area contributed by atoms with E-state index in [0.717, 1.165) is 42.5 Å². The third-order valence-corrected chi connectivity index (χ3v) is 7.95. The highest BCUT2D eigenvalue weighted by molar-refractivity contribution is 7.89. The maximum absolute atomic E-state index is 13.3. The summed E-state index contributed by atoms with van der Waals surface area (Å²) < 4.78 is 29.6. The highest BCUT2D eigenvalue weighted by atomic mass is 32.2. The number of aliphatic hydroxyl groups excluding tert-OH is 1. The van der Waals surface area contributed by atoms with Gasteiger partial charge >= 0.3 is 0 Å². The third kappa shape index (κ3) is 3.77. The van der Waals surface area contributed by atoms with Crippen LogP contribution in [0.2, 0.25) is 0 Å². The van der Waals surface area contributed by atoms with Crippen LogP contribution in [0.1, 0.15) is 23.2 Å². The number of aliphatic hydroxyl groups is 1. The minimum absolute atomic E-state index is 0.0594. The fourth-order valence-electron chi connectivity index (χ4n) is 5.03. The molecular weight excluding hydrogens is 410 g/mol. The summed E-state index contributed by atoms with van der Waals surface area (Å²) in [7, 11) is -3.67. The summed E-state index contributed by atoms with van der Waals surface area (Å²) >= 11 is 0. The minimum atomic E-state index is -3.67. The summed E-state index contributed by atoms with van der Waals surface area (Å²) in [5.74, 6) is 0. The van der Waals surface area contributed by atoms with Crippen molar-refractivity contribution in [3.63, 3.8) is 0 Å². The molecule has 7 heteroatoms. The molecule has 6 nitrogen and oxygen atoms in total. The lowest BCUT2D eigenvalue weighted by Gasteiger charge is -2.40. The number of benzene rings is 3. The summed E-state index contributed by atoms with van der Waals surface area (Å²) in [4.78, 5) is 4.92. The molecule has 0 saturated carbocycles. The first kappa shape index (κ1) is 20.6. The number of rotatable bonds is 6. The molecule has 2 atom stereocenters. The van der Waals surface area contributed by atoms with E-state index >= 15 is 0 Å². The first-order valence-corrected chi connectivity index (χ1v) is 12.2. The van der Waals surface area contributed by atoms with Crippen LogP contribution >= 0.6 is 0 Å². The van der Waals surface area contributed by atoms with Crippen molar-refractivity contribution in [1.29, 1.82) is 0 Å². The van der Waals surface area contributed by atoms with Crippen molar-refractivity contribution in [2.45, 2.75) is 17.0 Å². The molecule has 1 aliphatic heterocycles. The predicted molar refractivity (Wildman–Crippen MR) is 121 cm³/mol. The quantitative estimate of drug-likeness (QED) is 0.620. The molecule has 1 saturated heterocycles. The Morgan fingerprint density at radius 3 is 2.23 bits per heavy atom. The lowest BCUT2D eigenvalue weighted by molar-refractivity contribution is 0.0743. The van der Waals surface area contributed by atoms with Gasteiger partial charge in [0.05, 0.1) is 23.6 Å². The molecule has 0 bridgehead atoms. The molecule has 0 unspecified atom stereocenters. The van der Waals surface area contributed by atoms with Gasteiger partial charge in [0.1, 0.15) is 0 Å². The zero-order chi connectivity index (χ0) is 21.4. The van der Waals surface area contributed by atoms with Gasteiger partial charge in [-0.25, -0.2) is 13.1 Å². The molecule has 3 aromatic carbocycles. The number of sulfonamides is 1. The van der Waals surface area contributed by atoms with Crippen LogP contribution in [0.15, 0.2) is 71.6 Å². The van der Waals surface area contributed by atoms with Gasteiger partial charge < -0.3 is 5.11 Å². The number of piperazine rings is 1. The van der Waals surface area contributed by atoms with Gasteiger partial charge in [-0.05, 0) is 34.0 Å². The van der Waals surface area contributed by atoms with Gasteiger partial charge in [-0.15, -0.1) is 0 Å². The van der Waals surface area contributed by atoms with Crippen molar-refractivity contribution in [3.8, 4) is 0 Å². The maximum atomic E-state index is 13.3. The van der Waals surface area contributed by atoms with Crippen molar-refractivity contribution >= 4 is 20.8 Å². The molecule has 0 aromatic heterocycles. The predicted octanol–water partition coefficient (Wildman–Crippen LogP) is 2.52. The van der Waals surface area contributed by atoms with Crippen LogP contribution in [0.3, 0.4) is 0 Å². The Hall–Kier alpha value is -2.29. The molecule has 0 radical (unpaired) electrons. The van der Waals surface area contributed by atoms with Crippen LogP contribution in [-0.2, 0) is 10.0 Å². The molecule has 2 N–H and O–H groups in total. The summed E-state index contributed by atoms with van der Waals surface area (Å²) in [6, 6.07) is 20.6. The third-order valence-electron chi connectivity index (χ3n) is 6.49. The van der Waals surface area contributed by atoms with Crippen LogP contribution in [0.5, 0.6) is 0 Å². The lowest BCUT2D eigenvalue weighted by atomic mass is 10.0. The Labute approximate surface area is 183 Å². The summed E-state index contributed by atoms with van der Waals surface area (Å²) in [5.41, 5.74) is 2.22. The van der Waals surface area contributed by atoms with E-state index in [1.54, 1.807) is 24.3 Å². The Kier molecular flexibility index (Phi) is 5.54. The Morgan fingerprint density at radius 1 is 0.871 bits per heavy atom. The van der Waals surface area contributed by atoms with Crippen molar-refractivity contribution in [2.24, 2.45) is 0 Å². The second kappa shape index (κ2) is 8.33. The van der Waals surface area contributed by atoms with Crippen LogP contribution in [0.4, 0.5) is 0 Å². The van der Waals surface area contributed by atoms with Crippen LogP contribution in [0.25, 0.3) is 10.8 Å². The van der Waals surface area contributed by atoms with Crippen molar-refractivity contribution < 1.29 is 13.5 Å². The van der Waals surface area contributed by atoms with Gasteiger partial charge in [-0.3, -0.25) is 9.80 Å². The minimum Gasteiger partial charge on any atom is -0.395 e. The number of nitrogens with one attached hydrogen (secondary N) is 1. The van der Waals surface area contributed by atoms with E-state index in [4.69, 9.17) is 0 Å².